The third kappa shape index (κ3) is 8.06. The third-order valence-corrected chi connectivity index (χ3v) is 11.1. The predicted octanol–water partition coefficient (Wildman–Crippen LogP) is 7.88. The van der Waals surface area contributed by atoms with Gasteiger partial charge in [-0.3, -0.25) is 13.6 Å². The molecule has 1 aliphatic heterocycles. The van der Waals surface area contributed by atoms with E-state index in [0.29, 0.717) is 22.7 Å². The van der Waals surface area contributed by atoms with Gasteiger partial charge in [0.15, 0.2) is 11.5 Å². The number of nitrogens with zero attached hydrogens (tertiary/aromatic N) is 5. The largest absolute Gasteiger partial charge is 0.530 e. The molecule has 0 bridgehead atoms. The van der Waals surface area contributed by atoms with Crippen LogP contribution in [0.1, 0.15) is 35.8 Å². The summed E-state index contributed by atoms with van der Waals surface area (Å²) in [7, 11) is -1.26. The van der Waals surface area contributed by atoms with E-state index in [0.717, 1.165) is 16.7 Å². The summed E-state index contributed by atoms with van der Waals surface area (Å²) < 4.78 is 59.1. The lowest BCUT2D eigenvalue weighted by atomic mass is 9.80. The summed E-state index contributed by atoms with van der Waals surface area (Å²) in [5, 5.41) is 9.44. The summed E-state index contributed by atoms with van der Waals surface area (Å²) in [6, 6.07) is 33.5. The maximum absolute atomic E-state index is 14.5. The van der Waals surface area contributed by atoms with Gasteiger partial charge in [-0.1, -0.05) is 78.3 Å². The Morgan fingerprint density at radius 3 is 2.20 bits per heavy atom. The number of para-hydroxylation sites is 1. The minimum absolute atomic E-state index is 0.0684. The Morgan fingerprint density at radius 2 is 1.55 bits per heavy atom. The van der Waals surface area contributed by atoms with Crippen molar-refractivity contribution in [2.24, 2.45) is 0 Å². The van der Waals surface area contributed by atoms with Gasteiger partial charge in [0.05, 0.1) is 51.3 Å². The molecule has 4 aromatic carbocycles. The van der Waals surface area contributed by atoms with Gasteiger partial charge >= 0.3 is 7.82 Å². The van der Waals surface area contributed by atoms with Gasteiger partial charge in [0.2, 0.25) is 0 Å². The third-order valence-electron chi connectivity index (χ3n) is 9.29. The van der Waals surface area contributed by atoms with Crippen LogP contribution in [-0.2, 0) is 28.7 Å². The summed E-state index contributed by atoms with van der Waals surface area (Å²) in [4.78, 5) is 12.9. The highest BCUT2D eigenvalue weighted by molar-refractivity contribution is 7.49. The van der Waals surface area contributed by atoms with E-state index in [2.05, 4.69) is 15.0 Å². The number of phosphoric ester groups is 1. The molecular formula is C40H38ClN6O8P. The normalized spacial score (nSPS) is 17.9. The molecule has 1 aliphatic rings. The second-order valence-corrected chi connectivity index (χ2v) is 14.6. The van der Waals surface area contributed by atoms with Crippen molar-refractivity contribution in [3.05, 3.63) is 137 Å². The number of aromatic nitrogens is 4. The van der Waals surface area contributed by atoms with E-state index in [1.165, 1.54) is 6.33 Å². The predicted molar refractivity (Wildman–Crippen MR) is 207 cm³/mol. The van der Waals surface area contributed by atoms with E-state index in [1.54, 1.807) is 49.4 Å². The molecule has 1 fully saturated rings. The van der Waals surface area contributed by atoms with Crippen molar-refractivity contribution < 1.29 is 37.1 Å². The van der Waals surface area contributed by atoms with E-state index >= 15 is 0 Å². The molecule has 4 atom stereocenters. The molecule has 6 aromatic rings. The number of ether oxygens (including phenoxy) is 4. The highest BCUT2D eigenvalue weighted by Gasteiger charge is 2.47. The molecule has 2 N–H and O–H groups in total. The second-order valence-electron chi connectivity index (χ2n) is 12.6. The molecule has 288 valence electrons. The zero-order valence-electron chi connectivity index (χ0n) is 30.4. The summed E-state index contributed by atoms with van der Waals surface area (Å²) in [6.07, 6.45) is 0.351. The van der Waals surface area contributed by atoms with Gasteiger partial charge < -0.3 is 29.2 Å². The molecule has 0 spiro atoms. The molecule has 2 aromatic heterocycles. The Balaban J connectivity index is 1.30. The smallest absolute Gasteiger partial charge is 0.497 e. The first-order valence-corrected chi connectivity index (χ1v) is 19.4. The molecule has 1 unspecified atom stereocenters. The molecule has 0 saturated carbocycles. The molecule has 14 nitrogen and oxygen atoms in total. The number of imidazole rings is 1. The number of nitriles is 1. The summed E-state index contributed by atoms with van der Waals surface area (Å²) in [5.41, 5.74) is 8.13. The molecule has 0 radical (unpaired) electrons. The zero-order chi connectivity index (χ0) is 39.1. The lowest BCUT2D eigenvalue weighted by Gasteiger charge is -2.37. The Bertz CT molecular complexity index is 2290. The molecule has 3 heterocycles. The van der Waals surface area contributed by atoms with Crippen molar-refractivity contribution in [1.82, 2.24) is 19.5 Å². The van der Waals surface area contributed by atoms with Gasteiger partial charge in [0.25, 0.3) is 0 Å². The van der Waals surface area contributed by atoms with Crippen LogP contribution in [0.2, 0.25) is 5.02 Å². The minimum Gasteiger partial charge on any atom is -0.497 e. The van der Waals surface area contributed by atoms with Crippen LogP contribution in [0.15, 0.2) is 116 Å². The molecule has 0 amide bonds. The highest BCUT2D eigenvalue weighted by atomic mass is 35.5. The minimum atomic E-state index is -4.47. The topological polar surface area (TPSA) is 175 Å². The van der Waals surface area contributed by atoms with Crippen LogP contribution in [0, 0.1) is 11.3 Å². The monoisotopic (exact) mass is 796 g/mol. The van der Waals surface area contributed by atoms with E-state index < -0.39 is 31.9 Å². The van der Waals surface area contributed by atoms with Gasteiger partial charge in [-0.15, -0.1) is 0 Å². The quantitative estimate of drug-likeness (QED) is 0.0569. The lowest BCUT2D eigenvalue weighted by molar-refractivity contribution is -0.0924. The van der Waals surface area contributed by atoms with Crippen LogP contribution in [0.3, 0.4) is 0 Å². The number of anilines is 1. The first kappa shape index (κ1) is 38.7. The summed E-state index contributed by atoms with van der Waals surface area (Å²) in [6.45, 7) is -0.326. The number of nitrogens with two attached hydrogens (primary N) is 1. The second kappa shape index (κ2) is 17.1. The number of hydrogen-bond acceptors (Lipinski definition) is 13. The summed E-state index contributed by atoms with van der Waals surface area (Å²) in [5.74, 6) is 1.62. The number of phosphoric acid groups is 1. The van der Waals surface area contributed by atoms with E-state index in [1.807, 2.05) is 84.9 Å². The number of fused-ring (bicyclic) bond motifs is 1. The number of nitrogen functional groups attached to an aromatic ring is 1. The Hall–Kier alpha value is -5.52. The van der Waals surface area contributed by atoms with E-state index in [9.17, 15) is 9.83 Å². The number of rotatable bonds is 16. The number of halogens is 1. The number of hydrogen-bond donors (Lipinski definition) is 1. The Kier molecular flexibility index (Phi) is 11.8. The highest BCUT2D eigenvalue weighted by Crippen LogP contribution is 2.54. The first-order chi connectivity index (χ1) is 27.3. The fraction of sp³-hybridized carbons (Fsp3) is 0.250. The van der Waals surface area contributed by atoms with Crippen LogP contribution in [0.4, 0.5) is 5.82 Å². The molecule has 16 heteroatoms. The van der Waals surface area contributed by atoms with Crippen molar-refractivity contribution >= 4 is 36.4 Å². The van der Waals surface area contributed by atoms with Crippen molar-refractivity contribution in [3.63, 3.8) is 0 Å². The zero-order valence-corrected chi connectivity index (χ0v) is 32.1. The lowest BCUT2D eigenvalue weighted by Crippen LogP contribution is -2.38. The van der Waals surface area contributed by atoms with Crippen LogP contribution in [0.25, 0.3) is 11.2 Å². The number of benzene rings is 4. The van der Waals surface area contributed by atoms with Crippen LogP contribution in [0.5, 0.6) is 17.2 Å². The molecule has 1 saturated heterocycles. The maximum atomic E-state index is 14.5. The molecular weight excluding hydrogens is 759 g/mol. The van der Waals surface area contributed by atoms with Gasteiger partial charge in [-0.25, -0.2) is 19.5 Å². The van der Waals surface area contributed by atoms with Gasteiger partial charge in [-0.2, -0.15) is 5.26 Å². The van der Waals surface area contributed by atoms with Crippen molar-refractivity contribution in [3.8, 4) is 23.3 Å². The van der Waals surface area contributed by atoms with Gasteiger partial charge in [-0.05, 0) is 53.1 Å². The van der Waals surface area contributed by atoms with Crippen molar-refractivity contribution in [1.29, 1.82) is 5.26 Å². The SMILES string of the molecule is COc1ccc(C(OC[C@H]2O[C@@H](n3cnc4c(N)ncnc43)C[C@@H]2OP(=O)(OCCC#N)Oc2ccccc2Cl)(c2ccccc2)c2ccc(OC)cc2)cc1. The molecule has 7 rings (SSSR count). The average Bonchev–Trinajstić information content (AvgIpc) is 3.84. The van der Waals surface area contributed by atoms with E-state index in [4.69, 9.17) is 49.9 Å². The first-order valence-electron chi connectivity index (χ1n) is 17.6. The Labute approximate surface area is 328 Å². The fourth-order valence-corrected chi connectivity index (χ4v) is 8.23. The molecule has 56 heavy (non-hydrogen) atoms. The van der Waals surface area contributed by atoms with E-state index in [-0.39, 0.29) is 42.6 Å². The van der Waals surface area contributed by atoms with Crippen molar-refractivity contribution in [2.45, 2.75) is 36.9 Å². The number of methoxy groups -OCH3 is 2. The standard InChI is InChI=1S/C40H38ClN6O8P/c1-49-30-17-13-28(14-18-30)40(27-9-4-3-5-10-27,29-15-19-31(50-2)20-16-29)51-24-35-34(23-36(53-35)47-26-46-37-38(43)44-25-45-39(37)47)55-56(48,52-22-8-21-42)54-33-12-7-6-11-32(33)41/h3-7,9-20,25-26,34-36H,8,22-24H2,1-2H3,(H2,43,44,45)/t34-,35+,36+,56?/m0/s1. The summed E-state index contributed by atoms with van der Waals surface area (Å²) >= 11 is 6.41. The van der Waals surface area contributed by atoms with Crippen LogP contribution < -0.4 is 19.7 Å². The van der Waals surface area contributed by atoms with Crippen molar-refractivity contribution in [2.75, 3.05) is 33.2 Å². The maximum Gasteiger partial charge on any atom is 0.530 e. The van der Waals surface area contributed by atoms with Crippen LogP contribution >= 0.6 is 19.4 Å². The van der Waals surface area contributed by atoms with Gasteiger partial charge in [0.1, 0.15) is 53.1 Å². The average molecular weight is 797 g/mol. The molecule has 0 aliphatic carbocycles. The van der Waals surface area contributed by atoms with Gasteiger partial charge in [0, 0.05) is 6.42 Å². The fourth-order valence-electron chi connectivity index (χ4n) is 6.58. The Morgan fingerprint density at radius 1 is 0.911 bits per heavy atom. The van der Waals surface area contributed by atoms with Crippen LogP contribution in [-0.4, -0.2) is 59.2 Å².